The highest BCUT2D eigenvalue weighted by Gasteiger charge is 2.25. The van der Waals surface area contributed by atoms with Crippen LogP contribution in [0.25, 0.3) is 0 Å². The number of carbonyl (C=O) groups excluding carboxylic acids is 3. The van der Waals surface area contributed by atoms with Crippen molar-refractivity contribution in [1.29, 1.82) is 0 Å². The molecule has 1 aromatic rings. The van der Waals surface area contributed by atoms with Gasteiger partial charge in [-0.1, -0.05) is 29.8 Å². The molecular weight excluding hydrogens is 356 g/mol. The molecule has 0 unspecified atom stereocenters. The number of amides is 4. The number of hydrogen-bond donors (Lipinski definition) is 3. The van der Waals surface area contributed by atoms with E-state index in [9.17, 15) is 14.4 Å². The third-order valence-corrected chi connectivity index (χ3v) is 4.71. The SMILES string of the molecule is Cc1ccc(CNC(=O)C(=O)NCC2CCN(C(=O)NC(C)(C)C)CC2)cc1. The molecule has 1 aliphatic heterocycles. The van der Waals surface area contributed by atoms with Gasteiger partial charge >= 0.3 is 17.8 Å². The highest BCUT2D eigenvalue weighted by molar-refractivity contribution is 6.35. The molecule has 0 atom stereocenters. The third kappa shape index (κ3) is 7.21. The average molecular weight is 389 g/mol. The predicted octanol–water partition coefficient (Wildman–Crippen LogP) is 1.95. The van der Waals surface area contributed by atoms with Gasteiger partial charge in [-0.3, -0.25) is 9.59 Å². The van der Waals surface area contributed by atoms with Gasteiger partial charge in [-0.2, -0.15) is 0 Å². The van der Waals surface area contributed by atoms with E-state index in [0.717, 1.165) is 24.0 Å². The number of urea groups is 1. The molecule has 7 nitrogen and oxygen atoms in total. The fraction of sp³-hybridized carbons (Fsp3) is 0.571. The molecule has 0 radical (unpaired) electrons. The van der Waals surface area contributed by atoms with Gasteiger partial charge in [0, 0.05) is 31.7 Å². The zero-order valence-electron chi connectivity index (χ0n) is 17.3. The van der Waals surface area contributed by atoms with Crippen molar-refractivity contribution in [2.75, 3.05) is 19.6 Å². The van der Waals surface area contributed by atoms with Gasteiger partial charge in [-0.05, 0) is 52.0 Å². The number of nitrogens with zero attached hydrogens (tertiary/aromatic N) is 1. The monoisotopic (exact) mass is 388 g/mol. The molecule has 0 bridgehead atoms. The van der Waals surface area contributed by atoms with Gasteiger partial charge in [-0.25, -0.2) is 4.79 Å². The van der Waals surface area contributed by atoms with Crippen LogP contribution >= 0.6 is 0 Å². The van der Waals surface area contributed by atoms with Crippen LogP contribution in [0, 0.1) is 12.8 Å². The first-order valence-electron chi connectivity index (χ1n) is 9.83. The van der Waals surface area contributed by atoms with E-state index >= 15 is 0 Å². The number of piperidine rings is 1. The number of carbonyl (C=O) groups is 3. The lowest BCUT2D eigenvalue weighted by molar-refractivity contribution is -0.139. The van der Waals surface area contributed by atoms with Gasteiger partial charge in [0.25, 0.3) is 0 Å². The van der Waals surface area contributed by atoms with Crippen LogP contribution in [0.15, 0.2) is 24.3 Å². The Kier molecular flexibility index (Phi) is 7.43. The molecule has 0 spiro atoms. The van der Waals surface area contributed by atoms with Crippen LogP contribution in [0.4, 0.5) is 4.79 Å². The van der Waals surface area contributed by atoms with Gasteiger partial charge in [-0.15, -0.1) is 0 Å². The van der Waals surface area contributed by atoms with Crippen LogP contribution in [0.3, 0.4) is 0 Å². The first-order valence-corrected chi connectivity index (χ1v) is 9.83. The van der Waals surface area contributed by atoms with E-state index in [1.807, 2.05) is 52.0 Å². The largest absolute Gasteiger partial charge is 0.348 e. The predicted molar refractivity (Wildman–Crippen MR) is 109 cm³/mol. The highest BCUT2D eigenvalue weighted by Crippen LogP contribution is 2.17. The Balaban J connectivity index is 1.67. The lowest BCUT2D eigenvalue weighted by Gasteiger charge is -2.34. The molecule has 1 heterocycles. The standard InChI is InChI=1S/C21H32N4O3/c1-15-5-7-16(8-6-15)13-22-18(26)19(27)23-14-17-9-11-25(12-10-17)20(28)24-21(2,3)4/h5-8,17H,9-14H2,1-4H3,(H,22,26)(H,23,27)(H,24,28). The van der Waals surface area contributed by atoms with E-state index in [1.54, 1.807) is 4.90 Å². The Hall–Kier alpha value is -2.57. The van der Waals surface area contributed by atoms with Gasteiger partial charge in [0.05, 0.1) is 0 Å². The van der Waals surface area contributed by atoms with Crippen molar-refractivity contribution < 1.29 is 14.4 Å². The normalized spacial score (nSPS) is 15.1. The van der Waals surface area contributed by atoms with E-state index in [2.05, 4.69) is 16.0 Å². The Morgan fingerprint density at radius 2 is 1.57 bits per heavy atom. The van der Waals surface area contributed by atoms with Gasteiger partial charge in [0.15, 0.2) is 0 Å². The van der Waals surface area contributed by atoms with E-state index in [-0.39, 0.29) is 17.5 Å². The maximum Gasteiger partial charge on any atom is 0.317 e. The number of rotatable bonds is 4. The molecule has 4 amide bonds. The highest BCUT2D eigenvalue weighted by atomic mass is 16.2. The molecule has 1 aromatic carbocycles. The molecule has 28 heavy (non-hydrogen) atoms. The van der Waals surface area contributed by atoms with Crippen LogP contribution in [0.2, 0.25) is 0 Å². The molecule has 7 heteroatoms. The summed E-state index contributed by atoms with van der Waals surface area (Å²) in [6.07, 6.45) is 1.62. The number of likely N-dealkylation sites (tertiary alicyclic amines) is 1. The minimum absolute atomic E-state index is 0.0505. The van der Waals surface area contributed by atoms with Crippen LogP contribution in [-0.4, -0.2) is 47.9 Å². The molecule has 2 rings (SSSR count). The summed E-state index contributed by atoms with van der Waals surface area (Å²) in [5.41, 5.74) is 1.84. The topological polar surface area (TPSA) is 90.5 Å². The second-order valence-corrected chi connectivity index (χ2v) is 8.49. The average Bonchev–Trinajstić information content (AvgIpc) is 2.64. The van der Waals surface area contributed by atoms with Crippen LogP contribution in [0.5, 0.6) is 0 Å². The smallest absolute Gasteiger partial charge is 0.317 e. The van der Waals surface area contributed by atoms with Crippen molar-refractivity contribution in [3.8, 4) is 0 Å². The zero-order valence-corrected chi connectivity index (χ0v) is 17.3. The maximum absolute atomic E-state index is 12.2. The third-order valence-electron chi connectivity index (χ3n) is 4.71. The fourth-order valence-electron chi connectivity index (χ4n) is 3.03. The van der Waals surface area contributed by atoms with Crippen molar-refractivity contribution in [2.24, 2.45) is 5.92 Å². The number of nitrogens with one attached hydrogen (secondary N) is 3. The summed E-state index contributed by atoms with van der Waals surface area (Å²) in [5.74, 6) is -0.963. The second-order valence-electron chi connectivity index (χ2n) is 8.49. The van der Waals surface area contributed by atoms with E-state index < -0.39 is 11.8 Å². The van der Waals surface area contributed by atoms with Crippen LogP contribution in [0.1, 0.15) is 44.7 Å². The Bertz CT molecular complexity index is 687. The van der Waals surface area contributed by atoms with E-state index in [1.165, 1.54) is 0 Å². The lowest BCUT2D eigenvalue weighted by atomic mass is 9.97. The fourth-order valence-corrected chi connectivity index (χ4v) is 3.03. The number of benzene rings is 1. The zero-order chi connectivity index (χ0) is 20.7. The summed E-state index contributed by atoms with van der Waals surface area (Å²) in [4.78, 5) is 37.9. The lowest BCUT2D eigenvalue weighted by Crippen LogP contribution is -2.51. The quantitative estimate of drug-likeness (QED) is 0.689. The van der Waals surface area contributed by atoms with Crippen molar-refractivity contribution >= 4 is 17.8 Å². The number of hydrogen-bond acceptors (Lipinski definition) is 3. The Labute approximate surface area is 167 Å². The van der Waals surface area contributed by atoms with Gasteiger partial charge in [0.2, 0.25) is 0 Å². The first-order chi connectivity index (χ1) is 13.1. The molecule has 0 aliphatic carbocycles. The molecule has 0 saturated carbocycles. The summed E-state index contributed by atoms with van der Waals surface area (Å²) < 4.78 is 0. The Morgan fingerprint density at radius 1 is 1.00 bits per heavy atom. The minimum Gasteiger partial charge on any atom is -0.348 e. The van der Waals surface area contributed by atoms with Crippen LogP contribution < -0.4 is 16.0 Å². The first kappa shape index (κ1) is 21.7. The maximum atomic E-state index is 12.2. The molecule has 1 saturated heterocycles. The van der Waals surface area contributed by atoms with Crippen molar-refractivity contribution in [3.05, 3.63) is 35.4 Å². The molecule has 154 valence electrons. The summed E-state index contributed by atoms with van der Waals surface area (Å²) in [6, 6.07) is 7.74. The van der Waals surface area contributed by atoms with E-state index in [4.69, 9.17) is 0 Å². The summed E-state index contributed by atoms with van der Waals surface area (Å²) in [5, 5.41) is 8.31. The minimum atomic E-state index is -0.623. The van der Waals surface area contributed by atoms with E-state index in [0.29, 0.717) is 26.2 Å². The molecule has 0 aromatic heterocycles. The molecule has 1 aliphatic rings. The molecule has 1 fully saturated rings. The van der Waals surface area contributed by atoms with Crippen LogP contribution in [-0.2, 0) is 16.1 Å². The number of aryl methyl sites for hydroxylation is 1. The van der Waals surface area contributed by atoms with Crippen molar-refractivity contribution in [3.63, 3.8) is 0 Å². The molecule has 3 N–H and O–H groups in total. The summed E-state index contributed by atoms with van der Waals surface area (Å²) in [7, 11) is 0. The van der Waals surface area contributed by atoms with Crippen molar-refractivity contribution in [2.45, 2.75) is 52.6 Å². The van der Waals surface area contributed by atoms with Gasteiger partial charge in [0.1, 0.15) is 0 Å². The van der Waals surface area contributed by atoms with Crippen molar-refractivity contribution in [1.82, 2.24) is 20.9 Å². The van der Waals surface area contributed by atoms with Gasteiger partial charge < -0.3 is 20.9 Å². The molecular formula is C21H32N4O3. The summed E-state index contributed by atoms with van der Waals surface area (Å²) >= 11 is 0. The summed E-state index contributed by atoms with van der Waals surface area (Å²) in [6.45, 7) is 9.95. The Morgan fingerprint density at radius 3 is 2.14 bits per heavy atom. The second kappa shape index (κ2) is 9.57.